The molecule has 2 N–H and O–H groups in total. The molecular weight excluding hydrogens is 270 g/mol. The maximum Gasteiger partial charge on any atom is 0.237 e. The molecule has 110 valence electrons. The quantitative estimate of drug-likeness (QED) is 0.606. The maximum absolute atomic E-state index is 12.3. The van der Waals surface area contributed by atoms with Crippen LogP contribution in [0.15, 0.2) is 24.3 Å². The van der Waals surface area contributed by atoms with Gasteiger partial charge in [0.15, 0.2) is 0 Å². The van der Waals surface area contributed by atoms with Crippen LogP contribution in [0.25, 0.3) is 0 Å². The average molecular weight is 287 g/mol. The van der Waals surface area contributed by atoms with Crippen molar-refractivity contribution in [1.82, 2.24) is 0 Å². The zero-order chi connectivity index (χ0) is 15.3. The molecule has 21 heavy (non-hydrogen) atoms. The number of hydrogen-bond acceptors (Lipinski definition) is 4. The number of hydrogen-bond donors (Lipinski definition) is 2. The van der Waals surface area contributed by atoms with Gasteiger partial charge in [0.1, 0.15) is 0 Å². The number of carbonyl (C=O) groups is 2. The molecule has 3 unspecified atom stereocenters. The number of aryl methyl sites for hydroxylation is 1. The number of rotatable bonds is 1. The number of imide groups is 1. The Bertz CT molecular complexity index is 664. The zero-order valence-corrected chi connectivity index (χ0v) is 11.9. The zero-order valence-electron chi connectivity index (χ0n) is 11.9. The maximum atomic E-state index is 12.3. The van der Waals surface area contributed by atoms with Gasteiger partial charge in [-0.2, -0.15) is 0 Å². The molecule has 2 aliphatic rings. The summed E-state index contributed by atoms with van der Waals surface area (Å²) in [7, 11) is 0. The van der Waals surface area contributed by atoms with Crippen molar-refractivity contribution < 1.29 is 19.8 Å². The van der Waals surface area contributed by atoms with Crippen molar-refractivity contribution in [2.75, 3.05) is 4.90 Å². The molecule has 1 fully saturated rings. The number of benzene rings is 1. The van der Waals surface area contributed by atoms with Gasteiger partial charge in [-0.15, -0.1) is 0 Å². The first kappa shape index (κ1) is 14.0. The van der Waals surface area contributed by atoms with E-state index in [9.17, 15) is 19.8 Å². The van der Waals surface area contributed by atoms with Crippen LogP contribution in [0.1, 0.15) is 42.2 Å². The minimum Gasteiger partial charge on any atom is -0.384 e. The number of aliphatic hydroxyl groups is 2. The molecular formula is C16H17NO4. The Morgan fingerprint density at radius 3 is 2.43 bits per heavy atom. The third-order valence-electron chi connectivity index (χ3n) is 4.14. The molecule has 5 nitrogen and oxygen atoms in total. The summed E-state index contributed by atoms with van der Waals surface area (Å²) in [6, 6.07) is 3.48. The Morgan fingerprint density at radius 1 is 1.14 bits per heavy atom. The van der Waals surface area contributed by atoms with E-state index in [0.717, 1.165) is 10.5 Å². The fraction of sp³-hybridized carbons (Fsp3) is 0.375. The van der Waals surface area contributed by atoms with Gasteiger partial charge in [-0.3, -0.25) is 9.59 Å². The Labute approximate surface area is 122 Å². The summed E-state index contributed by atoms with van der Waals surface area (Å²) in [5, 5.41) is 20.3. The van der Waals surface area contributed by atoms with Crippen LogP contribution in [0.2, 0.25) is 0 Å². The van der Waals surface area contributed by atoms with Gasteiger partial charge in [0.25, 0.3) is 0 Å². The molecule has 2 amide bonds. The highest BCUT2D eigenvalue weighted by molar-refractivity contribution is 6.21. The Balaban J connectivity index is 2.23. The van der Waals surface area contributed by atoms with Crippen molar-refractivity contribution in [1.29, 1.82) is 0 Å². The number of amides is 2. The van der Waals surface area contributed by atoms with Gasteiger partial charge in [-0.25, -0.2) is 4.90 Å². The average Bonchev–Trinajstić information content (AvgIpc) is 2.68. The molecule has 1 heterocycles. The number of fused-ring (bicyclic) bond motifs is 1. The monoisotopic (exact) mass is 287 g/mol. The molecule has 5 heteroatoms. The number of nitrogens with zero attached hydrogens (tertiary/aromatic N) is 1. The van der Waals surface area contributed by atoms with Gasteiger partial charge >= 0.3 is 0 Å². The molecule has 1 saturated heterocycles. The predicted octanol–water partition coefficient (Wildman–Crippen LogP) is 1.53. The smallest absolute Gasteiger partial charge is 0.237 e. The second-order valence-corrected chi connectivity index (χ2v) is 5.68. The Morgan fingerprint density at radius 2 is 1.81 bits per heavy atom. The Hall–Kier alpha value is -1.98. The van der Waals surface area contributed by atoms with Crippen molar-refractivity contribution >= 4 is 17.5 Å². The molecule has 3 atom stereocenters. The number of anilines is 1. The molecule has 1 aliphatic heterocycles. The predicted molar refractivity (Wildman–Crippen MR) is 76.5 cm³/mol. The highest BCUT2D eigenvalue weighted by Crippen LogP contribution is 2.41. The van der Waals surface area contributed by atoms with E-state index in [1.54, 1.807) is 26.0 Å². The summed E-state index contributed by atoms with van der Waals surface area (Å²) < 4.78 is 0. The van der Waals surface area contributed by atoms with Crippen LogP contribution in [0.4, 0.5) is 5.69 Å². The van der Waals surface area contributed by atoms with Crippen molar-refractivity contribution in [2.45, 2.75) is 32.5 Å². The van der Waals surface area contributed by atoms with Gasteiger partial charge in [-0.1, -0.05) is 31.2 Å². The third kappa shape index (κ3) is 2.01. The van der Waals surface area contributed by atoms with E-state index in [1.165, 1.54) is 12.2 Å². The summed E-state index contributed by atoms with van der Waals surface area (Å²) in [5.41, 5.74) is 2.13. The highest BCUT2D eigenvalue weighted by Gasteiger charge is 2.40. The van der Waals surface area contributed by atoms with Gasteiger partial charge in [0.2, 0.25) is 11.8 Å². The lowest BCUT2D eigenvalue weighted by Gasteiger charge is -2.28. The number of carbonyl (C=O) groups excluding carboxylic acids is 2. The summed E-state index contributed by atoms with van der Waals surface area (Å²) in [6.45, 7) is 3.51. The Kier molecular flexibility index (Phi) is 3.19. The second-order valence-electron chi connectivity index (χ2n) is 5.68. The van der Waals surface area contributed by atoms with Crippen LogP contribution in [0.5, 0.6) is 0 Å². The second kappa shape index (κ2) is 4.79. The fourth-order valence-electron chi connectivity index (χ4n) is 3.03. The first-order valence-corrected chi connectivity index (χ1v) is 6.96. The van der Waals surface area contributed by atoms with E-state index in [1.807, 2.05) is 0 Å². The molecule has 0 bridgehead atoms. The molecule has 1 aliphatic carbocycles. The van der Waals surface area contributed by atoms with Gasteiger partial charge in [-0.05, 0) is 18.1 Å². The molecule has 3 rings (SSSR count). The SMILES string of the molecule is Cc1ccc2c(c1N1C(=O)CC(C)C1=O)C(O)C=CC2O. The minimum atomic E-state index is -0.935. The van der Waals surface area contributed by atoms with Crippen molar-refractivity contribution in [3.05, 3.63) is 41.0 Å². The van der Waals surface area contributed by atoms with Crippen molar-refractivity contribution in [3.63, 3.8) is 0 Å². The highest BCUT2D eigenvalue weighted by atomic mass is 16.3. The van der Waals surface area contributed by atoms with Crippen LogP contribution in [0.3, 0.4) is 0 Å². The lowest BCUT2D eigenvalue weighted by atomic mass is 9.89. The minimum absolute atomic E-state index is 0.177. The fourth-order valence-corrected chi connectivity index (χ4v) is 3.03. The molecule has 1 aromatic rings. The molecule has 0 radical (unpaired) electrons. The normalized spacial score (nSPS) is 28.2. The molecule has 1 aromatic carbocycles. The van der Waals surface area contributed by atoms with Crippen LogP contribution in [-0.2, 0) is 9.59 Å². The molecule has 0 spiro atoms. The lowest BCUT2D eigenvalue weighted by molar-refractivity contribution is -0.122. The first-order valence-electron chi connectivity index (χ1n) is 6.96. The van der Waals surface area contributed by atoms with E-state index in [0.29, 0.717) is 16.8 Å². The topological polar surface area (TPSA) is 77.8 Å². The summed E-state index contributed by atoms with van der Waals surface area (Å²) in [5.74, 6) is -0.873. The first-order chi connectivity index (χ1) is 9.91. The van der Waals surface area contributed by atoms with Crippen LogP contribution in [0, 0.1) is 12.8 Å². The van der Waals surface area contributed by atoms with Gasteiger partial charge in [0.05, 0.1) is 17.9 Å². The van der Waals surface area contributed by atoms with Crippen LogP contribution < -0.4 is 4.90 Å². The number of aliphatic hydroxyl groups excluding tert-OH is 2. The van der Waals surface area contributed by atoms with Crippen LogP contribution in [-0.4, -0.2) is 22.0 Å². The lowest BCUT2D eigenvalue weighted by Crippen LogP contribution is -2.32. The van der Waals surface area contributed by atoms with E-state index < -0.39 is 12.2 Å². The van der Waals surface area contributed by atoms with Crippen molar-refractivity contribution in [3.8, 4) is 0 Å². The largest absolute Gasteiger partial charge is 0.384 e. The third-order valence-corrected chi connectivity index (χ3v) is 4.14. The molecule has 0 saturated carbocycles. The summed E-state index contributed by atoms with van der Waals surface area (Å²) in [4.78, 5) is 25.6. The summed E-state index contributed by atoms with van der Waals surface area (Å²) in [6.07, 6.45) is 1.38. The standard InChI is InChI=1S/C16H17NO4/c1-8-3-4-10-11(18)5-6-12(19)14(10)15(8)17-13(20)7-9(2)16(17)21/h3-6,9,11-12,18-19H,7H2,1-2H3. The van der Waals surface area contributed by atoms with Gasteiger partial charge in [0, 0.05) is 17.9 Å². The van der Waals surface area contributed by atoms with E-state index >= 15 is 0 Å². The summed E-state index contributed by atoms with van der Waals surface area (Å²) >= 11 is 0. The van der Waals surface area contributed by atoms with Gasteiger partial charge < -0.3 is 10.2 Å². The van der Waals surface area contributed by atoms with Crippen molar-refractivity contribution in [2.24, 2.45) is 5.92 Å². The van der Waals surface area contributed by atoms with E-state index in [2.05, 4.69) is 0 Å². The van der Waals surface area contributed by atoms with Crippen LogP contribution >= 0.6 is 0 Å². The molecule has 0 aromatic heterocycles. The van der Waals surface area contributed by atoms with E-state index in [4.69, 9.17) is 0 Å². The van der Waals surface area contributed by atoms with E-state index in [-0.39, 0.29) is 24.2 Å².